The third-order valence-electron chi connectivity index (χ3n) is 5.41. The molecule has 0 atom stereocenters. The van der Waals surface area contributed by atoms with Crippen LogP contribution in [0.2, 0.25) is 0 Å². The van der Waals surface area contributed by atoms with Gasteiger partial charge >= 0.3 is 11.8 Å². The minimum atomic E-state index is -0.795. The summed E-state index contributed by atoms with van der Waals surface area (Å²) in [7, 11) is 1.52. The Balaban J connectivity index is 1.60. The summed E-state index contributed by atoms with van der Waals surface area (Å²) in [6, 6.07) is 12.7. The van der Waals surface area contributed by atoms with Gasteiger partial charge in [0, 0.05) is 6.20 Å². The topological polar surface area (TPSA) is 110 Å². The number of nitrogen functional groups attached to an aromatic ring is 1. The maximum absolute atomic E-state index is 13.2. The Hall–Kier alpha value is -3.94. The molecule has 32 heavy (non-hydrogen) atoms. The summed E-state index contributed by atoms with van der Waals surface area (Å²) in [4.78, 5) is 36.0. The molecule has 1 aliphatic carbocycles. The molecule has 1 aromatic carbocycles. The number of aryl methyl sites for hydroxylation is 1. The first-order chi connectivity index (χ1) is 15.5. The molecule has 3 aromatic rings. The van der Waals surface area contributed by atoms with Gasteiger partial charge in [0.2, 0.25) is 0 Å². The van der Waals surface area contributed by atoms with E-state index in [4.69, 9.17) is 10.5 Å². The van der Waals surface area contributed by atoms with Gasteiger partial charge in [0.05, 0.1) is 36.9 Å². The predicted octanol–water partition coefficient (Wildman–Crippen LogP) is 3.43. The van der Waals surface area contributed by atoms with Gasteiger partial charge in [0.15, 0.2) is 0 Å². The highest BCUT2D eigenvalue weighted by Crippen LogP contribution is 2.39. The van der Waals surface area contributed by atoms with Crippen molar-refractivity contribution >= 4 is 29.0 Å². The number of hydrogen-bond donors (Lipinski definition) is 2. The van der Waals surface area contributed by atoms with E-state index in [2.05, 4.69) is 15.3 Å². The number of amides is 2. The lowest BCUT2D eigenvalue weighted by Crippen LogP contribution is -2.40. The van der Waals surface area contributed by atoms with E-state index in [1.165, 1.54) is 36.6 Å². The lowest BCUT2D eigenvalue weighted by Gasteiger charge is -2.24. The van der Waals surface area contributed by atoms with Gasteiger partial charge in [-0.3, -0.25) is 19.5 Å². The van der Waals surface area contributed by atoms with Gasteiger partial charge in [-0.15, -0.1) is 0 Å². The van der Waals surface area contributed by atoms with Crippen molar-refractivity contribution in [2.75, 3.05) is 23.1 Å². The SMILES string of the molecule is COc1ccccc1N(Cc1ccc(C2CC2)cn1)C(=O)C(=O)Nc1cnc(N)c(C)c1. The van der Waals surface area contributed by atoms with Crippen LogP contribution in [0.1, 0.15) is 35.6 Å². The lowest BCUT2D eigenvalue weighted by atomic mass is 10.1. The molecule has 164 valence electrons. The number of methoxy groups -OCH3 is 1. The van der Waals surface area contributed by atoms with Gasteiger partial charge in [0.1, 0.15) is 11.6 Å². The monoisotopic (exact) mass is 431 g/mol. The van der Waals surface area contributed by atoms with Crippen molar-refractivity contribution in [3.8, 4) is 5.75 Å². The quantitative estimate of drug-likeness (QED) is 0.579. The normalized spacial score (nSPS) is 12.8. The van der Waals surface area contributed by atoms with E-state index in [1.807, 2.05) is 18.3 Å². The molecule has 8 heteroatoms. The molecular formula is C24H25N5O3. The number of nitrogens with two attached hydrogens (primary N) is 1. The largest absolute Gasteiger partial charge is 0.495 e. The maximum Gasteiger partial charge on any atom is 0.317 e. The Labute approximate surface area is 186 Å². The van der Waals surface area contributed by atoms with E-state index in [1.54, 1.807) is 37.3 Å². The summed E-state index contributed by atoms with van der Waals surface area (Å²) in [6.45, 7) is 1.90. The van der Waals surface area contributed by atoms with Gasteiger partial charge in [-0.05, 0) is 61.1 Å². The van der Waals surface area contributed by atoms with E-state index in [-0.39, 0.29) is 6.54 Å². The van der Waals surface area contributed by atoms with Crippen LogP contribution in [0.15, 0.2) is 54.9 Å². The summed E-state index contributed by atoms with van der Waals surface area (Å²) in [6.07, 6.45) is 5.64. The summed E-state index contributed by atoms with van der Waals surface area (Å²) in [5, 5.41) is 2.61. The van der Waals surface area contributed by atoms with E-state index in [9.17, 15) is 9.59 Å². The zero-order valence-corrected chi connectivity index (χ0v) is 18.0. The molecular weight excluding hydrogens is 406 g/mol. The molecule has 2 heterocycles. The van der Waals surface area contributed by atoms with Crippen LogP contribution in [-0.2, 0) is 16.1 Å². The highest BCUT2D eigenvalue weighted by atomic mass is 16.5. The number of nitrogens with one attached hydrogen (secondary N) is 1. The van der Waals surface area contributed by atoms with Crippen LogP contribution in [0, 0.1) is 6.92 Å². The lowest BCUT2D eigenvalue weighted by molar-refractivity contribution is -0.134. The number of hydrogen-bond acceptors (Lipinski definition) is 6. The van der Waals surface area contributed by atoms with E-state index < -0.39 is 11.8 Å². The second kappa shape index (κ2) is 9.05. The highest BCUT2D eigenvalue weighted by molar-refractivity contribution is 6.44. The molecule has 0 spiro atoms. The van der Waals surface area contributed by atoms with Crippen molar-refractivity contribution in [1.29, 1.82) is 0 Å². The fraction of sp³-hybridized carbons (Fsp3) is 0.250. The molecule has 0 saturated heterocycles. The van der Waals surface area contributed by atoms with Crippen LogP contribution in [0.4, 0.5) is 17.2 Å². The average Bonchev–Trinajstić information content (AvgIpc) is 3.65. The van der Waals surface area contributed by atoms with Gasteiger partial charge in [0.25, 0.3) is 0 Å². The van der Waals surface area contributed by atoms with E-state index in [0.717, 1.165) is 0 Å². The Bertz CT molecular complexity index is 1140. The maximum atomic E-state index is 13.2. The first kappa shape index (κ1) is 21.3. The molecule has 2 amide bonds. The van der Waals surface area contributed by atoms with Crippen molar-refractivity contribution in [1.82, 2.24) is 9.97 Å². The molecule has 4 rings (SSSR count). The number of carbonyl (C=O) groups is 2. The molecule has 8 nitrogen and oxygen atoms in total. The summed E-state index contributed by atoms with van der Waals surface area (Å²) in [5.41, 5.74) is 9.19. The van der Waals surface area contributed by atoms with Crippen molar-refractivity contribution in [3.05, 3.63) is 71.7 Å². The molecule has 0 aliphatic heterocycles. The average molecular weight is 431 g/mol. The molecule has 2 aromatic heterocycles. The number of para-hydroxylation sites is 2. The fourth-order valence-electron chi connectivity index (χ4n) is 3.43. The Morgan fingerprint density at radius 1 is 1.16 bits per heavy atom. The summed E-state index contributed by atoms with van der Waals surface area (Å²) >= 11 is 0. The van der Waals surface area contributed by atoms with E-state index >= 15 is 0 Å². The van der Waals surface area contributed by atoms with Crippen LogP contribution in [0.3, 0.4) is 0 Å². The van der Waals surface area contributed by atoms with Crippen LogP contribution < -0.4 is 20.7 Å². The minimum Gasteiger partial charge on any atom is -0.495 e. The number of nitrogens with zero attached hydrogens (tertiary/aromatic N) is 3. The van der Waals surface area contributed by atoms with Crippen LogP contribution in [-0.4, -0.2) is 28.9 Å². The first-order valence-corrected chi connectivity index (χ1v) is 10.4. The summed E-state index contributed by atoms with van der Waals surface area (Å²) < 4.78 is 5.43. The van der Waals surface area contributed by atoms with Gasteiger partial charge in [-0.1, -0.05) is 18.2 Å². The third kappa shape index (κ3) is 4.69. The Morgan fingerprint density at radius 2 is 1.94 bits per heavy atom. The molecule has 1 aliphatic rings. The standard InChI is InChI=1S/C24H25N5O3/c1-15-11-19(13-27-22(15)25)28-23(30)24(31)29(20-5-3-4-6-21(20)32-2)14-18-10-9-17(12-26-18)16-7-8-16/h3-6,9-13,16H,7-8,14H2,1-2H3,(H2,25,27)(H,28,30). The number of anilines is 3. The molecule has 0 bridgehead atoms. The van der Waals surface area contributed by atoms with Crippen LogP contribution >= 0.6 is 0 Å². The second-order valence-electron chi connectivity index (χ2n) is 7.80. The van der Waals surface area contributed by atoms with Gasteiger partial charge < -0.3 is 15.8 Å². The Morgan fingerprint density at radius 3 is 2.59 bits per heavy atom. The highest BCUT2D eigenvalue weighted by Gasteiger charge is 2.27. The van der Waals surface area contributed by atoms with Crippen molar-refractivity contribution in [2.24, 2.45) is 0 Å². The second-order valence-corrected chi connectivity index (χ2v) is 7.80. The van der Waals surface area contributed by atoms with E-state index in [0.29, 0.717) is 40.1 Å². The van der Waals surface area contributed by atoms with Crippen molar-refractivity contribution in [3.63, 3.8) is 0 Å². The smallest absolute Gasteiger partial charge is 0.317 e. The Kier molecular flexibility index (Phi) is 6.02. The predicted molar refractivity (Wildman–Crippen MR) is 122 cm³/mol. The molecule has 0 radical (unpaired) electrons. The minimum absolute atomic E-state index is 0.122. The summed E-state index contributed by atoms with van der Waals surface area (Å²) in [5.74, 6) is -0.0984. The van der Waals surface area contributed by atoms with Gasteiger partial charge in [-0.25, -0.2) is 4.98 Å². The number of aromatic nitrogens is 2. The third-order valence-corrected chi connectivity index (χ3v) is 5.41. The fourth-order valence-corrected chi connectivity index (χ4v) is 3.43. The number of carbonyl (C=O) groups excluding carboxylic acids is 2. The molecule has 1 fully saturated rings. The van der Waals surface area contributed by atoms with Crippen LogP contribution in [0.25, 0.3) is 0 Å². The number of rotatable bonds is 6. The van der Waals surface area contributed by atoms with Crippen LogP contribution in [0.5, 0.6) is 5.75 Å². The molecule has 1 saturated carbocycles. The van der Waals surface area contributed by atoms with Crippen molar-refractivity contribution < 1.29 is 14.3 Å². The number of ether oxygens (including phenoxy) is 1. The number of pyridine rings is 2. The van der Waals surface area contributed by atoms with Crippen molar-refractivity contribution in [2.45, 2.75) is 32.2 Å². The zero-order valence-electron chi connectivity index (χ0n) is 18.0. The van der Waals surface area contributed by atoms with Gasteiger partial charge in [-0.2, -0.15) is 0 Å². The zero-order chi connectivity index (χ0) is 22.7. The molecule has 0 unspecified atom stereocenters. The first-order valence-electron chi connectivity index (χ1n) is 10.4. The number of benzene rings is 1. The molecule has 3 N–H and O–H groups in total.